The Labute approximate surface area is 129 Å². The third-order valence-corrected chi connectivity index (χ3v) is 2.87. The van der Waals surface area contributed by atoms with Crippen molar-refractivity contribution < 1.29 is 9.84 Å². The van der Waals surface area contributed by atoms with Crippen LogP contribution in [0.25, 0.3) is 0 Å². The fraction of sp³-hybridized carbons (Fsp3) is 0.500. The van der Waals surface area contributed by atoms with Crippen molar-refractivity contribution in [3.63, 3.8) is 0 Å². The smallest absolute Gasteiger partial charge is 0.142 e. The van der Waals surface area contributed by atoms with Crippen LogP contribution in [0, 0.1) is 0 Å². The molecule has 0 spiro atoms. The SMILES string of the molecule is COc1c(Cl)cc(Cl)cc1CNCCNCCO.Cl. The normalized spacial score (nSPS) is 10.1. The number of benzene rings is 1. The van der Waals surface area contributed by atoms with Crippen LogP contribution in [0.15, 0.2) is 12.1 Å². The van der Waals surface area contributed by atoms with E-state index in [1.165, 1.54) is 0 Å². The average molecular weight is 330 g/mol. The number of methoxy groups -OCH3 is 1. The van der Waals surface area contributed by atoms with Gasteiger partial charge in [0.05, 0.1) is 18.7 Å². The van der Waals surface area contributed by atoms with Gasteiger partial charge in [-0.05, 0) is 12.1 Å². The van der Waals surface area contributed by atoms with E-state index in [2.05, 4.69) is 10.6 Å². The third kappa shape index (κ3) is 6.65. The maximum atomic E-state index is 8.60. The van der Waals surface area contributed by atoms with Crippen molar-refractivity contribution in [2.45, 2.75) is 6.54 Å². The first-order valence-electron chi connectivity index (χ1n) is 5.73. The number of ether oxygens (including phenoxy) is 1. The predicted octanol–water partition coefficient (Wildman–Crippen LogP) is 2.10. The molecule has 0 radical (unpaired) electrons. The average Bonchev–Trinajstić information content (AvgIpc) is 2.33. The first kappa shape index (κ1) is 18.8. The Morgan fingerprint density at radius 2 is 1.84 bits per heavy atom. The first-order valence-corrected chi connectivity index (χ1v) is 6.48. The number of rotatable bonds is 8. The molecule has 0 aliphatic rings. The van der Waals surface area contributed by atoms with Gasteiger partial charge in [0.15, 0.2) is 0 Å². The Hall–Kier alpha value is -0.230. The van der Waals surface area contributed by atoms with Gasteiger partial charge in [-0.2, -0.15) is 0 Å². The summed E-state index contributed by atoms with van der Waals surface area (Å²) in [6, 6.07) is 3.49. The van der Waals surface area contributed by atoms with E-state index in [-0.39, 0.29) is 19.0 Å². The van der Waals surface area contributed by atoms with Crippen LogP contribution in [-0.4, -0.2) is 38.5 Å². The van der Waals surface area contributed by atoms with Crippen molar-refractivity contribution >= 4 is 35.6 Å². The Balaban J connectivity index is 0.00000324. The lowest BCUT2D eigenvalue weighted by molar-refractivity contribution is 0.292. The highest BCUT2D eigenvalue weighted by Gasteiger charge is 2.09. The summed E-state index contributed by atoms with van der Waals surface area (Å²) in [6.07, 6.45) is 0. The lowest BCUT2D eigenvalue weighted by Gasteiger charge is -2.12. The van der Waals surface area contributed by atoms with E-state index in [0.29, 0.717) is 28.9 Å². The van der Waals surface area contributed by atoms with Crippen LogP contribution in [0.3, 0.4) is 0 Å². The molecule has 0 aliphatic heterocycles. The van der Waals surface area contributed by atoms with E-state index < -0.39 is 0 Å². The van der Waals surface area contributed by atoms with E-state index in [9.17, 15) is 0 Å². The fourth-order valence-corrected chi connectivity index (χ4v) is 2.19. The van der Waals surface area contributed by atoms with Gasteiger partial charge in [-0.25, -0.2) is 0 Å². The van der Waals surface area contributed by atoms with Gasteiger partial charge < -0.3 is 20.5 Å². The molecular weight excluding hydrogens is 311 g/mol. The molecule has 0 saturated heterocycles. The molecule has 0 heterocycles. The molecule has 0 saturated carbocycles. The monoisotopic (exact) mass is 328 g/mol. The molecule has 19 heavy (non-hydrogen) atoms. The summed E-state index contributed by atoms with van der Waals surface area (Å²) in [7, 11) is 1.58. The molecule has 4 nitrogen and oxygen atoms in total. The van der Waals surface area contributed by atoms with Crippen molar-refractivity contribution in [1.82, 2.24) is 10.6 Å². The van der Waals surface area contributed by atoms with Crippen molar-refractivity contribution in [1.29, 1.82) is 0 Å². The first-order chi connectivity index (χ1) is 8.69. The summed E-state index contributed by atoms with van der Waals surface area (Å²) in [4.78, 5) is 0. The highest BCUT2D eigenvalue weighted by Crippen LogP contribution is 2.31. The number of hydrogen-bond donors (Lipinski definition) is 3. The second-order valence-electron chi connectivity index (χ2n) is 3.73. The van der Waals surface area contributed by atoms with E-state index in [4.69, 9.17) is 33.0 Å². The highest BCUT2D eigenvalue weighted by atomic mass is 35.5. The van der Waals surface area contributed by atoms with Crippen molar-refractivity contribution in [2.24, 2.45) is 0 Å². The van der Waals surface area contributed by atoms with Gasteiger partial charge in [0.1, 0.15) is 5.75 Å². The minimum atomic E-state index is 0. The van der Waals surface area contributed by atoms with Crippen LogP contribution in [0.1, 0.15) is 5.56 Å². The van der Waals surface area contributed by atoms with Crippen LogP contribution in [0.5, 0.6) is 5.75 Å². The number of hydrogen-bond acceptors (Lipinski definition) is 4. The summed E-state index contributed by atoms with van der Waals surface area (Å²) in [5.74, 6) is 0.650. The summed E-state index contributed by atoms with van der Waals surface area (Å²) >= 11 is 12.0. The minimum Gasteiger partial charge on any atom is -0.495 e. The Morgan fingerprint density at radius 3 is 2.47 bits per heavy atom. The van der Waals surface area contributed by atoms with Gasteiger partial charge >= 0.3 is 0 Å². The van der Waals surface area contributed by atoms with Crippen molar-refractivity contribution in [3.8, 4) is 5.75 Å². The molecule has 1 aromatic rings. The zero-order valence-electron chi connectivity index (χ0n) is 10.7. The summed E-state index contributed by atoms with van der Waals surface area (Å²) in [6.45, 7) is 2.96. The number of nitrogens with one attached hydrogen (secondary N) is 2. The molecule has 0 unspecified atom stereocenters. The van der Waals surface area contributed by atoms with Crippen LogP contribution < -0.4 is 15.4 Å². The second kappa shape index (κ2) is 10.5. The molecule has 0 bridgehead atoms. The molecule has 0 amide bonds. The quantitative estimate of drug-likeness (QED) is 0.639. The number of halogens is 3. The van der Waals surface area contributed by atoms with E-state index in [1.54, 1.807) is 13.2 Å². The van der Waals surface area contributed by atoms with Gasteiger partial charge in [-0.3, -0.25) is 0 Å². The molecular formula is C12H19Cl3N2O2. The van der Waals surface area contributed by atoms with Gasteiger partial charge in [0, 0.05) is 36.8 Å². The molecule has 0 aliphatic carbocycles. The number of aliphatic hydroxyl groups is 1. The summed E-state index contributed by atoms with van der Waals surface area (Å²) < 4.78 is 5.25. The van der Waals surface area contributed by atoms with E-state index in [0.717, 1.165) is 18.7 Å². The lowest BCUT2D eigenvalue weighted by atomic mass is 10.2. The summed E-state index contributed by atoms with van der Waals surface area (Å²) in [5, 5.41) is 16.0. The molecule has 3 N–H and O–H groups in total. The topological polar surface area (TPSA) is 53.5 Å². The Kier molecular flexibility index (Phi) is 10.4. The van der Waals surface area contributed by atoms with Crippen LogP contribution >= 0.6 is 35.6 Å². The highest BCUT2D eigenvalue weighted by molar-refractivity contribution is 6.35. The maximum Gasteiger partial charge on any atom is 0.142 e. The molecule has 0 fully saturated rings. The Morgan fingerprint density at radius 1 is 1.16 bits per heavy atom. The Bertz CT molecular complexity index is 378. The van der Waals surface area contributed by atoms with Gasteiger partial charge in [-0.15, -0.1) is 12.4 Å². The standard InChI is InChI=1S/C12H18Cl2N2O2.ClH/c1-18-12-9(6-10(13)7-11(12)14)8-16-3-2-15-4-5-17;/h6-7,15-17H,2-5,8H2,1H3;1H. The van der Waals surface area contributed by atoms with E-state index >= 15 is 0 Å². The molecule has 0 aromatic heterocycles. The molecule has 7 heteroatoms. The maximum absolute atomic E-state index is 8.60. The van der Waals surface area contributed by atoms with Gasteiger partial charge in [-0.1, -0.05) is 23.2 Å². The van der Waals surface area contributed by atoms with Gasteiger partial charge in [0.25, 0.3) is 0 Å². The zero-order valence-corrected chi connectivity index (χ0v) is 13.0. The third-order valence-electron chi connectivity index (χ3n) is 2.37. The molecule has 0 atom stereocenters. The fourth-order valence-electron chi connectivity index (χ4n) is 1.58. The van der Waals surface area contributed by atoms with Crippen LogP contribution in [-0.2, 0) is 6.54 Å². The molecule has 110 valence electrons. The van der Waals surface area contributed by atoms with E-state index in [1.807, 2.05) is 6.07 Å². The second-order valence-corrected chi connectivity index (χ2v) is 4.57. The molecule has 1 aromatic carbocycles. The zero-order chi connectivity index (χ0) is 13.4. The van der Waals surface area contributed by atoms with Gasteiger partial charge in [0.2, 0.25) is 0 Å². The largest absolute Gasteiger partial charge is 0.495 e. The molecule has 1 rings (SSSR count). The minimum absolute atomic E-state index is 0. The van der Waals surface area contributed by atoms with Crippen LogP contribution in [0.4, 0.5) is 0 Å². The van der Waals surface area contributed by atoms with Crippen molar-refractivity contribution in [2.75, 3.05) is 33.4 Å². The van der Waals surface area contributed by atoms with Crippen LogP contribution in [0.2, 0.25) is 10.0 Å². The predicted molar refractivity (Wildman–Crippen MR) is 81.9 cm³/mol. The lowest BCUT2D eigenvalue weighted by Crippen LogP contribution is -2.28. The summed E-state index contributed by atoms with van der Waals surface area (Å²) in [5.41, 5.74) is 0.928. The number of aliphatic hydroxyl groups excluding tert-OH is 1. The van der Waals surface area contributed by atoms with Crippen molar-refractivity contribution in [3.05, 3.63) is 27.7 Å².